The van der Waals surface area contributed by atoms with E-state index < -0.39 is 15.8 Å². The van der Waals surface area contributed by atoms with Crippen LogP contribution in [0.15, 0.2) is 29.2 Å². The van der Waals surface area contributed by atoms with E-state index in [4.69, 9.17) is 14.7 Å². The van der Waals surface area contributed by atoms with Gasteiger partial charge in [0.1, 0.15) is 11.6 Å². The zero-order valence-electron chi connectivity index (χ0n) is 16.5. The normalized spacial score (nSPS) is 17.8. The second-order valence-electron chi connectivity index (χ2n) is 7.31. The zero-order chi connectivity index (χ0) is 20.6. The number of ether oxygens (including phenoxy) is 1. The number of fused-ring (bicyclic) bond motifs is 1. The summed E-state index contributed by atoms with van der Waals surface area (Å²) in [5.74, 6) is 0.910. The fourth-order valence-electron chi connectivity index (χ4n) is 3.59. The molecule has 2 aliphatic rings. The third kappa shape index (κ3) is 3.92. The highest BCUT2D eigenvalue weighted by molar-refractivity contribution is 7.89. The van der Waals surface area contributed by atoms with Crippen molar-refractivity contribution in [3.8, 4) is 0 Å². The Hall–Kier alpha value is -2.30. The number of hydrogen-bond donors (Lipinski definition) is 0. The molecule has 1 aromatic carbocycles. The summed E-state index contributed by atoms with van der Waals surface area (Å²) >= 11 is 0. The number of anilines is 2. The Morgan fingerprint density at radius 1 is 1.07 bits per heavy atom. The summed E-state index contributed by atoms with van der Waals surface area (Å²) in [6.45, 7) is 3.25. The van der Waals surface area contributed by atoms with Crippen molar-refractivity contribution in [2.45, 2.75) is 17.9 Å². The first-order valence-electron chi connectivity index (χ1n) is 9.52. The van der Waals surface area contributed by atoms with Crippen LogP contribution in [0.4, 0.5) is 16.2 Å². The van der Waals surface area contributed by atoms with Gasteiger partial charge in [0.2, 0.25) is 16.0 Å². The van der Waals surface area contributed by atoms with E-state index in [0.717, 1.165) is 42.3 Å². The molecule has 0 bridgehead atoms. The molecule has 1 aromatic heterocycles. The molecule has 0 saturated carbocycles. The summed E-state index contributed by atoms with van der Waals surface area (Å²) in [4.78, 5) is 13.5. The van der Waals surface area contributed by atoms with Crippen molar-refractivity contribution in [1.82, 2.24) is 14.3 Å². The molecule has 3 heterocycles. The molecule has 0 unspecified atom stereocenters. The third-order valence-electron chi connectivity index (χ3n) is 5.16. The largest absolute Gasteiger partial charge is 0.378 e. The van der Waals surface area contributed by atoms with Crippen molar-refractivity contribution in [2.75, 3.05) is 56.7 Å². The van der Waals surface area contributed by atoms with Gasteiger partial charge in [0.25, 0.3) is 0 Å². The van der Waals surface area contributed by atoms with Crippen LogP contribution >= 0.6 is 0 Å². The molecule has 0 radical (unpaired) electrons. The summed E-state index contributed by atoms with van der Waals surface area (Å²) in [6, 6.07) is 4.91. The maximum Gasteiger partial charge on any atom is 0.243 e. The van der Waals surface area contributed by atoms with Crippen LogP contribution in [0, 0.1) is 5.82 Å². The zero-order valence-corrected chi connectivity index (χ0v) is 17.3. The lowest BCUT2D eigenvalue weighted by atomic mass is 10.1. The number of morpholine rings is 1. The Morgan fingerprint density at radius 3 is 2.41 bits per heavy atom. The molecule has 1 saturated heterocycles. The van der Waals surface area contributed by atoms with Gasteiger partial charge in [-0.2, -0.15) is 9.29 Å². The molecule has 8 nitrogen and oxygen atoms in total. The van der Waals surface area contributed by atoms with Crippen molar-refractivity contribution >= 4 is 21.8 Å². The van der Waals surface area contributed by atoms with Crippen molar-refractivity contribution in [1.29, 1.82) is 0 Å². The summed E-state index contributed by atoms with van der Waals surface area (Å²) in [5.41, 5.74) is 1.68. The molecule has 1 fully saturated rings. The van der Waals surface area contributed by atoms with Crippen LogP contribution < -0.4 is 9.80 Å². The van der Waals surface area contributed by atoms with E-state index in [9.17, 15) is 12.8 Å². The Bertz CT molecular complexity index is 992. The predicted octanol–water partition coefficient (Wildman–Crippen LogP) is 1.27. The Morgan fingerprint density at radius 2 is 1.76 bits per heavy atom. The average Bonchev–Trinajstić information content (AvgIpc) is 2.73. The molecule has 0 spiro atoms. The molecular formula is C19H24FN5O3S. The van der Waals surface area contributed by atoms with Gasteiger partial charge in [-0.05, 0) is 24.3 Å². The van der Waals surface area contributed by atoms with Gasteiger partial charge in [0.05, 0.1) is 23.8 Å². The first-order valence-corrected chi connectivity index (χ1v) is 11.0. The molecule has 29 heavy (non-hydrogen) atoms. The minimum absolute atomic E-state index is 0.0830. The molecule has 2 aromatic rings. The summed E-state index contributed by atoms with van der Waals surface area (Å²) in [5, 5.41) is 0. The molecule has 2 aliphatic heterocycles. The van der Waals surface area contributed by atoms with Crippen molar-refractivity contribution < 1.29 is 17.5 Å². The maximum absolute atomic E-state index is 13.2. The number of nitrogens with zero attached hydrogens (tertiary/aromatic N) is 5. The molecular weight excluding hydrogens is 397 g/mol. The maximum atomic E-state index is 13.2. The van der Waals surface area contributed by atoms with Crippen LogP contribution in [0.3, 0.4) is 0 Å². The monoisotopic (exact) mass is 421 g/mol. The molecule has 4 rings (SSSR count). The van der Waals surface area contributed by atoms with E-state index in [0.29, 0.717) is 32.1 Å². The van der Waals surface area contributed by atoms with Crippen LogP contribution in [-0.4, -0.2) is 69.6 Å². The standard InChI is InChI=1S/C19H24FN5O3S/c1-23(2)18-16-13-25(29(26,27)15-5-3-14(20)4-6-15)8-7-17(16)21-19(22-18)24-9-11-28-12-10-24/h3-6H,7-13H2,1-2H3. The molecule has 0 amide bonds. The predicted molar refractivity (Wildman–Crippen MR) is 107 cm³/mol. The number of sulfonamides is 1. The lowest BCUT2D eigenvalue weighted by Crippen LogP contribution is -2.40. The van der Waals surface area contributed by atoms with E-state index in [1.165, 1.54) is 16.4 Å². The van der Waals surface area contributed by atoms with Crippen LogP contribution in [0.5, 0.6) is 0 Å². The number of hydrogen-bond acceptors (Lipinski definition) is 7. The molecule has 0 aliphatic carbocycles. The van der Waals surface area contributed by atoms with Crippen LogP contribution in [0.1, 0.15) is 11.3 Å². The smallest absolute Gasteiger partial charge is 0.243 e. The first kappa shape index (κ1) is 20.0. The van der Waals surface area contributed by atoms with Gasteiger partial charge in [0, 0.05) is 52.3 Å². The van der Waals surface area contributed by atoms with Gasteiger partial charge in [-0.15, -0.1) is 0 Å². The lowest BCUT2D eigenvalue weighted by molar-refractivity contribution is 0.122. The highest BCUT2D eigenvalue weighted by atomic mass is 32.2. The van der Waals surface area contributed by atoms with Gasteiger partial charge >= 0.3 is 0 Å². The lowest BCUT2D eigenvalue weighted by Gasteiger charge is -2.32. The third-order valence-corrected chi connectivity index (χ3v) is 7.02. The molecule has 156 valence electrons. The molecule has 0 N–H and O–H groups in total. The van der Waals surface area contributed by atoms with Crippen molar-refractivity contribution in [3.63, 3.8) is 0 Å². The van der Waals surface area contributed by atoms with Crippen molar-refractivity contribution in [2.24, 2.45) is 0 Å². The Kier molecular flexibility index (Phi) is 5.41. The van der Waals surface area contributed by atoms with E-state index in [1.54, 1.807) is 0 Å². The average molecular weight is 421 g/mol. The van der Waals surface area contributed by atoms with E-state index in [-0.39, 0.29) is 11.4 Å². The quantitative estimate of drug-likeness (QED) is 0.736. The van der Waals surface area contributed by atoms with Gasteiger partial charge in [-0.25, -0.2) is 17.8 Å². The van der Waals surface area contributed by atoms with Crippen LogP contribution in [0.2, 0.25) is 0 Å². The number of benzene rings is 1. The second kappa shape index (κ2) is 7.85. The second-order valence-corrected chi connectivity index (χ2v) is 9.25. The van der Waals surface area contributed by atoms with Crippen LogP contribution in [0.25, 0.3) is 0 Å². The highest BCUT2D eigenvalue weighted by Crippen LogP contribution is 2.31. The number of aromatic nitrogens is 2. The van der Waals surface area contributed by atoms with Crippen molar-refractivity contribution in [3.05, 3.63) is 41.3 Å². The van der Waals surface area contributed by atoms with E-state index >= 15 is 0 Å². The van der Waals surface area contributed by atoms with Crippen LogP contribution in [-0.2, 0) is 27.7 Å². The minimum atomic E-state index is -3.73. The van der Waals surface area contributed by atoms with Gasteiger partial charge in [-0.3, -0.25) is 0 Å². The topological polar surface area (TPSA) is 78.9 Å². The SMILES string of the molecule is CN(C)c1nc(N2CCOCC2)nc2c1CN(S(=O)(=O)c1ccc(F)cc1)CC2. The minimum Gasteiger partial charge on any atom is -0.378 e. The van der Waals surface area contributed by atoms with Gasteiger partial charge in [-0.1, -0.05) is 0 Å². The fraction of sp³-hybridized carbons (Fsp3) is 0.474. The van der Waals surface area contributed by atoms with E-state index in [1.807, 2.05) is 19.0 Å². The molecule has 10 heteroatoms. The Labute approximate surface area is 170 Å². The Balaban J connectivity index is 1.67. The summed E-state index contributed by atoms with van der Waals surface area (Å²) in [7, 11) is 0.0471. The summed E-state index contributed by atoms with van der Waals surface area (Å²) < 4.78 is 46.1. The molecule has 0 atom stereocenters. The van der Waals surface area contributed by atoms with Gasteiger partial charge < -0.3 is 14.5 Å². The summed E-state index contributed by atoms with van der Waals surface area (Å²) in [6.07, 6.45) is 0.496. The first-order chi connectivity index (χ1) is 13.9. The fourth-order valence-corrected chi connectivity index (χ4v) is 5.00. The van der Waals surface area contributed by atoms with E-state index in [2.05, 4.69) is 4.90 Å². The highest BCUT2D eigenvalue weighted by Gasteiger charge is 2.32. The number of rotatable bonds is 4. The van der Waals surface area contributed by atoms with Gasteiger partial charge in [0.15, 0.2) is 0 Å². The number of halogens is 1.